The lowest BCUT2D eigenvalue weighted by Crippen LogP contribution is -2.59. The summed E-state index contributed by atoms with van der Waals surface area (Å²) in [5, 5.41) is 24.4. The molecule has 246 valence electrons. The Hall–Kier alpha value is -2.91. The van der Waals surface area contributed by atoms with Crippen LogP contribution in [0.3, 0.4) is 0 Å². The predicted octanol–water partition coefficient (Wildman–Crippen LogP) is 4.54. The van der Waals surface area contributed by atoms with Crippen molar-refractivity contribution in [2.24, 2.45) is 23.2 Å². The van der Waals surface area contributed by atoms with Gasteiger partial charge in [-0.15, -0.1) is 0 Å². The van der Waals surface area contributed by atoms with Gasteiger partial charge >= 0.3 is 0 Å². The molecule has 0 aromatic heterocycles. The lowest BCUT2D eigenvalue weighted by molar-refractivity contribution is -0.145. The fourth-order valence-corrected chi connectivity index (χ4v) is 9.79. The smallest absolute Gasteiger partial charge is 0.247 e. The molecule has 9 nitrogen and oxygen atoms in total. The molecule has 1 aromatic carbocycles. The fourth-order valence-electron chi connectivity index (χ4n) is 9.79. The number of carbonyl (C=O) groups is 3. The zero-order chi connectivity index (χ0) is 31.7. The minimum atomic E-state index is -1.10. The maximum absolute atomic E-state index is 14.2. The highest BCUT2D eigenvalue weighted by atomic mass is 16.5. The summed E-state index contributed by atoms with van der Waals surface area (Å²) in [4.78, 5) is 41.7. The average Bonchev–Trinajstić information content (AvgIpc) is 3.41. The maximum Gasteiger partial charge on any atom is 0.247 e. The van der Waals surface area contributed by atoms with E-state index in [0.717, 1.165) is 57.7 Å². The lowest BCUT2D eigenvalue weighted by Gasteiger charge is -2.58. The Balaban J connectivity index is 1.37. The van der Waals surface area contributed by atoms with Gasteiger partial charge in [-0.2, -0.15) is 0 Å². The first-order valence-corrected chi connectivity index (χ1v) is 17.2. The van der Waals surface area contributed by atoms with Crippen LogP contribution in [0.25, 0.3) is 0 Å². The van der Waals surface area contributed by atoms with Gasteiger partial charge in [-0.1, -0.05) is 32.6 Å². The van der Waals surface area contributed by atoms with Gasteiger partial charge < -0.3 is 29.9 Å². The molecule has 5 aliphatic carbocycles. The summed E-state index contributed by atoms with van der Waals surface area (Å²) in [5.74, 6) is 1.87. The molecule has 0 spiro atoms. The molecule has 2 amide bonds. The molecule has 4 unspecified atom stereocenters. The largest absolute Gasteiger partial charge is 0.493 e. The van der Waals surface area contributed by atoms with E-state index >= 15 is 0 Å². The Kier molecular flexibility index (Phi) is 9.57. The van der Waals surface area contributed by atoms with Crippen molar-refractivity contribution in [3.63, 3.8) is 0 Å². The molecule has 4 atom stereocenters. The molecule has 4 saturated carbocycles. The molecule has 1 heterocycles. The number of hydrogen-bond donors (Lipinski definition) is 3. The van der Waals surface area contributed by atoms with Gasteiger partial charge in [-0.05, 0) is 86.3 Å². The van der Waals surface area contributed by atoms with E-state index < -0.39 is 24.2 Å². The van der Waals surface area contributed by atoms with Gasteiger partial charge in [-0.3, -0.25) is 14.4 Å². The second-order valence-corrected chi connectivity index (χ2v) is 14.5. The van der Waals surface area contributed by atoms with Crippen molar-refractivity contribution in [2.75, 3.05) is 26.8 Å². The summed E-state index contributed by atoms with van der Waals surface area (Å²) in [7, 11) is 1.49. The van der Waals surface area contributed by atoms with Crippen LogP contribution in [0.15, 0.2) is 23.8 Å². The van der Waals surface area contributed by atoms with Crippen molar-refractivity contribution in [3.8, 4) is 11.5 Å². The zero-order valence-electron chi connectivity index (χ0n) is 26.8. The van der Waals surface area contributed by atoms with E-state index in [9.17, 15) is 24.6 Å². The third kappa shape index (κ3) is 6.27. The summed E-state index contributed by atoms with van der Waals surface area (Å²) in [6, 6.07) is 2.52. The molecule has 45 heavy (non-hydrogen) atoms. The SMILES string of the molecule is CCCCCCCC(=O)N(CC12CC3CC(CC(C3)C1)C2)C1C=C(C(=O)NCCO)C2c3cc(C=O)cc(OC)c3OC2C1O. The Labute approximate surface area is 266 Å². The number of benzene rings is 1. The zero-order valence-corrected chi connectivity index (χ0v) is 26.8. The van der Waals surface area contributed by atoms with Crippen LogP contribution in [0.5, 0.6) is 11.5 Å². The molecular weight excluding hydrogens is 572 g/mol. The minimum Gasteiger partial charge on any atom is -0.493 e. The van der Waals surface area contributed by atoms with Gasteiger partial charge in [0.15, 0.2) is 11.5 Å². The number of nitrogens with zero attached hydrogens (tertiary/aromatic N) is 1. The van der Waals surface area contributed by atoms with Crippen LogP contribution >= 0.6 is 0 Å². The number of aldehydes is 1. The standard InChI is InChI=1S/C36H50N2O7/c1-3-4-5-6-7-8-30(41)38(21-36-17-22-11-23(18-36)13-24(12-22)19-36)28-16-27(35(43)37-9-10-39)31-26-14-25(20-40)15-29(44-2)33(26)45-34(31)32(28)42/h14-16,20,22-24,28,31-32,34,39,42H,3-13,17-19,21H2,1-2H3,(H,37,43). The van der Waals surface area contributed by atoms with Crippen molar-refractivity contribution in [2.45, 2.75) is 108 Å². The van der Waals surface area contributed by atoms with E-state index in [1.54, 1.807) is 18.2 Å². The second kappa shape index (κ2) is 13.4. The molecule has 6 aliphatic rings. The van der Waals surface area contributed by atoms with Gasteiger partial charge in [-0.25, -0.2) is 0 Å². The molecule has 4 bridgehead atoms. The van der Waals surface area contributed by atoms with Gasteiger partial charge in [0.1, 0.15) is 18.5 Å². The predicted molar refractivity (Wildman–Crippen MR) is 169 cm³/mol. The van der Waals surface area contributed by atoms with Crippen LogP contribution in [-0.2, 0) is 9.59 Å². The summed E-state index contributed by atoms with van der Waals surface area (Å²) in [6.45, 7) is 2.61. The molecule has 9 heteroatoms. The summed E-state index contributed by atoms with van der Waals surface area (Å²) >= 11 is 0. The Morgan fingerprint density at radius 2 is 1.78 bits per heavy atom. The highest BCUT2D eigenvalue weighted by Crippen LogP contribution is 2.60. The third-order valence-corrected chi connectivity index (χ3v) is 11.3. The fraction of sp³-hybridized carbons (Fsp3) is 0.694. The molecule has 7 rings (SSSR count). The first-order chi connectivity index (χ1) is 21.8. The van der Waals surface area contributed by atoms with Crippen molar-refractivity contribution in [1.29, 1.82) is 0 Å². The van der Waals surface area contributed by atoms with E-state index in [1.807, 2.05) is 4.90 Å². The van der Waals surface area contributed by atoms with Gasteiger partial charge in [0.2, 0.25) is 11.8 Å². The van der Waals surface area contributed by atoms with E-state index in [1.165, 1.54) is 26.4 Å². The summed E-state index contributed by atoms with van der Waals surface area (Å²) in [5.41, 5.74) is 1.39. The van der Waals surface area contributed by atoms with Crippen molar-refractivity contribution in [1.82, 2.24) is 10.2 Å². The monoisotopic (exact) mass is 622 g/mol. The first-order valence-electron chi connectivity index (χ1n) is 17.2. The quantitative estimate of drug-likeness (QED) is 0.206. The molecule has 1 aliphatic heterocycles. The van der Waals surface area contributed by atoms with Crippen LogP contribution in [0, 0.1) is 23.2 Å². The van der Waals surface area contributed by atoms with Crippen LogP contribution in [0.4, 0.5) is 0 Å². The first kappa shape index (κ1) is 32.0. The number of rotatable bonds is 14. The van der Waals surface area contributed by atoms with Crippen LogP contribution in [0.2, 0.25) is 0 Å². The average molecular weight is 623 g/mol. The number of fused-ring (bicyclic) bond motifs is 3. The number of aliphatic hydroxyl groups is 2. The van der Waals surface area contributed by atoms with Crippen molar-refractivity contribution < 1.29 is 34.1 Å². The Morgan fingerprint density at radius 1 is 1.09 bits per heavy atom. The topological polar surface area (TPSA) is 125 Å². The number of aliphatic hydroxyl groups excluding tert-OH is 2. The van der Waals surface area contributed by atoms with E-state index in [0.29, 0.717) is 58.9 Å². The highest BCUT2D eigenvalue weighted by molar-refractivity contribution is 5.96. The van der Waals surface area contributed by atoms with Gasteiger partial charge in [0, 0.05) is 36.2 Å². The van der Waals surface area contributed by atoms with Gasteiger partial charge in [0.25, 0.3) is 0 Å². The Bertz CT molecular complexity index is 1270. The molecule has 1 aromatic rings. The van der Waals surface area contributed by atoms with E-state index in [4.69, 9.17) is 9.47 Å². The molecule has 3 N–H and O–H groups in total. The van der Waals surface area contributed by atoms with E-state index in [-0.39, 0.29) is 30.4 Å². The number of nitrogens with one attached hydrogen (secondary N) is 1. The number of amides is 2. The van der Waals surface area contributed by atoms with Crippen molar-refractivity contribution >= 4 is 18.1 Å². The lowest BCUT2D eigenvalue weighted by atomic mass is 9.49. The third-order valence-electron chi connectivity index (χ3n) is 11.3. The molecule has 4 fully saturated rings. The molecule has 0 saturated heterocycles. The summed E-state index contributed by atoms with van der Waals surface area (Å²) < 4.78 is 12.0. The highest BCUT2D eigenvalue weighted by Gasteiger charge is 2.55. The molecular formula is C36H50N2O7. The van der Waals surface area contributed by atoms with E-state index in [2.05, 4.69) is 12.2 Å². The van der Waals surface area contributed by atoms with Gasteiger partial charge in [0.05, 0.1) is 25.7 Å². The Morgan fingerprint density at radius 3 is 2.40 bits per heavy atom. The molecule has 0 radical (unpaired) electrons. The maximum atomic E-state index is 14.2. The minimum absolute atomic E-state index is 0.0208. The number of unbranched alkanes of at least 4 members (excludes halogenated alkanes) is 4. The number of methoxy groups -OCH3 is 1. The van der Waals surface area contributed by atoms with Crippen molar-refractivity contribution in [3.05, 3.63) is 34.9 Å². The summed E-state index contributed by atoms with van der Waals surface area (Å²) in [6.07, 6.45) is 13.4. The normalized spacial score (nSPS) is 32.3. The number of carbonyl (C=O) groups excluding carboxylic acids is 3. The van der Waals surface area contributed by atoms with Crippen LogP contribution in [-0.4, -0.2) is 78.3 Å². The van der Waals surface area contributed by atoms with Crippen LogP contribution < -0.4 is 14.8 Å². The second-order valence-electron chi connectivity index (χ2n) is 14.5. The van der Waals surface area contributed by atoms with Crippen LogP contribution in [0.1, 0.15) is 106 Å². The number of ether oxygens (including phenoxy) is 2. The number of hydrogen-bond acceptors (Lipinski definition) is 7.